The summed E-state index contributed by atoms with van der Waals surface area (Å²) >= 11 is 0. The van der Waals surface area contributed by atoms with Crippen LogP contribution in [0.25, 0.3) is 0 Å². The van der Waals surface area contributed by atoms with Gasteiger partial charge in [0.15, 0.2) is 0 Å². The summed E-state index contributed by atoms with van der Waals surface area (Å²) in [6.45, 7) is 4.59. The van der Waals surface area contributed by atoms with Gasteiger partial charge in [-0.25, -0.2) is 0 Å². The van der Waals surface area contributed by atoms with E-state index < -0.39 is 0 Å². The Kier molecular flexibility index (Phi) is 4.92. The highest BCUT2D eigenvalue weighted by Crippen LogP contribution is 2.61. The zero-order valence-corrected chi connectivity index (χ0v) is 18.5. The van der Waals surface area contributed by atoms with Crippen LogP contribution in [0.3, 0.4) is 0 Å². The van der Waals surface area contributed by atoms with Gasteiger partial charge in [0.25, 0.3) is 0 Å². The van der Waals surface area contributed by atoms with Gasteiger partial charge in [0.1, 0.15) is 0 Å². The van der Waals surface area contributed by atoms with Crippen molar-refractivity contribution in [3.63, 3.8) is 0 Å². The van der Waals surface area contributed by atoms with Gasteiger partial charge < -0.3 is 21.5 Å². The fourth-order valence-corrected chi connectivity index (χ4v) is 8.14. The molecule has 1 unspecified atom stereocenters. The standard InChI is InChI=1S/C25H41N3O/c1-23(2)20-7-10-25(29-23,15-21(20)26)19-12-18(11-17-5-6-22(27)28-16-17)13-24(14-19)8-3-4-9-24/h5-6,16,18-22,28H,3-4,7-15,26-27H2,1-2H3/t18-,19+,20+,21-,22?,25-/m0/s1. The van der Waals surface area contributed by atoms with Gasteiger partial charge in [0, 0.05) is 18.2 Å². The molecule has 162 valence electrons. The molecule has 3 aliphatic carbocycles. The Balaban J connectivity index is 1.39. The van der Waals surface area contributed by atoms with E-state index >= 15 is 0 Å². The van der Waals surface area contributed by atoms with E-state index in [4.69, 9.17) is 16.2 Å². The number of nitrogens with one attached hydrogen (secondary N) is 1. The highest BCUT2D eigenvalue weighted by Gasteiger charge is 2.59. The van der Waals surface area contributed by atoms with Gasteiger partial charge in [-0.1, -0.05) is 18.9 Å². The summed E-state index contributed by atoms with van der Waals surface area (Å²) in [4.78, 5) is 0. The van der Waals surface area contributed by atoms with Crippen LogP contribution < -0.4 is 16.8 Å². The van der Waals surface area contributed by atoms with E-state index in [1.807, 2.05) is 0 Å². The third-order valence-corrected chi connectivity index (χ3v) is 9.27. The molecule has 0 radical (unpaired) electrons. The molecular weight excluding hydrogens is 358 g/mol. The van der Waals surface area contributed by atoms with Crippen molar-refractivity contribution in [2.45, 2.75) is 108 Å². The molecule has 5 N–H and O–H groups in total. The van der Waals surface area contributed by atoms with Gasteiger partial charge in [0.05, 0.1) is 17.4 Å². The molecule has 3 heterocycles. The Morgan fingerprint density at radius 3 is 2.55 bits per heavy atom. The Morgan fingerprint density at radius 1 is 1.10 bits per heavy atom. The second-order valence-electron chi connectivity index (χ2n) is 11.7. The van der Waals surface area contributed by atoms with Crippen LogP contribution in [0.5, 0.6) is 0 Å². The van der Waals surface area contributed by atoms with Crippen molar-refractivity contribution in [3.05, 3.63) is 23.9 Å². The molecule has 6 atom stereocenters. The van der Waals surface area contributed by atoms with E-state index in [1.54, 1.807) is 0 Å². The van der Waals surface area contributed by atoms with Crippen LogP contribution in [0.4, 0.5) is 0 Å². The fraction of sp³-hybridized carbons (Fsp3) is 0.840. The molecule has 29 heavy (non-hydrogen) atoms. The molecule has 2 saturated heterocycles. The largest absolute Gasteiger partial charge is 0.372 e. The van der Waals surface area contributed by atoms with Crippen molar-refractivity contribution in [2.75, 3.05) is 0 Å². The summed E-state index contributed by atoms with van der Waals surface area (Å²) in [6, 6.07) is 0.307. The van der Waals surface area contributed by atoms with Gasteiger partial charge in [-0.3, -0.25) is 0 Å². The van der Waals surface area contributed by atoms with Crippen LogP contribution in [0.2, 0.25) is 0 Å². The highest BCUT2D eigenvalue weighted by atomic mass is 16.5. The molecule has 0 amide bonds. The maximum atomic E-state index is 6.99. The average molecular weight is 400 g/mol. The van der Waals surface area contributed by atoms with Crippen LogP contribution in [0.15, 0.2) is 23.9 Å². The first-order valence-corrected chi connectivity index (χ1v) is 12.1. The lowest BCUT2D eigenvalue weighted by Gasteiger charge is -2.62. The normalized spacial score (nSPS) is 45.2. The lowest BCUT2D eigenvalue weighted by atomic mass is 9.54. The molecule has 5 fully saturated rings. The summed E-state index contributed by atoms with van der Waals surface area (Å²) in [5.41, 5.74) is 14.6. The predicted molar refractivity (Wildman–Crippen MR) is 118 cm³/mol. The Bertz CT molecular complexity index is 692. The van der Waals surface area contributed by atoms with Crippen LogP contribution in [0.1, 0.15) is 84.5 Å². The van der Waals surface area contributed by atoms with Gasteiger partial charge in [0.2, 0.25) is 0 Å². The SMILES string of the molecule is CC1(C)O[C@@]2([C@@H]3C[C@H](CC4=CNC(N)C=C4)CC4(CCCC4)C3)CC[C@@H]1[C@@H](N)C2. The number of hydrogen-bond donors (Lipinski definition) is 3. The molecule has 4 nitrogen and oxygen atoms in total. The maximum absolute atomic E-state index is 6.99. The highest BCUT2D eigenvalue weighted by molar-refractivity contribution is 5.24. The summed E-state index contributed by atoms with van der Waals surface area (Å²) in [5, 5.41) is 3.29. The van der Waals surface area contributed by atoms with Crippen molar-refractivity contribution < 1.29 is 4.74 Å². The molecule has 6 aliphatic rings. The minimum absolute atomic E-state index is 0.0172. The Labute approximate surface area is 176 Å². The van der Waals surface area contributed by atoms with E-state index in [0.29, 0.717) is 23.3 Å². The van der Waals surface area contributed by atoms with Crippen molar-refractivity contribution in [2.24, 2.45) is 34.6 Å². The molecule has 6 rings (SSSR count). The van der Waals surface area contributed by atoms with Crippen LogP contribution in [-0.4, -0.2) is 23.4 Å². The fourth-order valence-electron chi connectivity index (χ4n) is 8.14. The molecule has 1 spiro atoms. The molecule has 4 heteroatoms. The Hall–Kier alpha value is -0.840. The molecular formula is C25H41N3O. The summed E-state index contributed by atoms with van der Waals surface area (Å²) in [6.07, 6.45) is 20.9. The first-order valence-electron chi connectivity index (χ1n) is 12.1. The number of allylic oxidation sites excluding steroid dienone is 2. The first-order chi connectivity index (χ1) is 13.8. The van der Waals surface area contributed by atoms with Crippen molar-refractivity contribution in [1.82, 2.24) is 5.32 Å². The molecule has 0 aromatic heterocycles. The number of dihydropyridines is 1. The van der Waals surface area contributed by atoms with Gasteiger partial charge in [-0.15, -0.1) is 0 Å². The van der Waals surface area contributed by atoms with Crippen LogP contribution in [-0.2, 0) is 4.74 Å². The minimum atomic E-state index is -0.0691. The quantitative estimate of drug-likeness (QED) is 0.659. The summed E-state index contributed by atoms with van der Waals surface area (Å²) < 4.78 is 6.99. The number of hydrogen-bond acceptors (Lipinski definition) is 4. The number of fused-ring (bicyclic) bond motifs is 3. The summed E-state index contributed by atoms with van der Waals surface area (Å²) in [7, 11) is 0. The molecule has 2 bridgehead atoms. The van der Waals surface area contributed by atoms with Crippen molar-refractivity contribution in [3.8, 4) is 0 Å². The third-order valence-electron chi connectivity index (χ3n) is 9.27. The number of rotatable bonds is 3. The first kappa shape index (κ1) is 20.1. The lowest BCUT2D eigenvalue weighted by Crippen LogP contribution is -2.66. The van der Waals surface area contributed by atoms with E-state index in [9.17, 15) is 0 Å². The maximum Gasteiger partial charge on any atom is 0.0934 e. The van der Waals surface area contributed by atoms with Gasteiger partial charge >= 0.3 is 0 Å². The van der Waals surface area contributed by atoms with Crippen molar-refractivity contribution in [1.29, 1.82) is 0 Å². The molecule has 3 aliphatic heterocycles. The van der Waals surface area contributed by atoms with E-state index in [-0.39, 0.29) is 17.4 Å². The van der Waals surface area contributed by atoms with E-state index in [1.165, 1.54) is 69.8 Å². The summed E-state index contributed by atoms with van der Waals surface area (Å²) in [5.74, 6) is 1.93. The third kappa shape index (κ3) is 3.59. The lowest BCUT2D eigenvalue weighted by molar-refractivity contribution is -0.273. The number of nitrogens with two attached hydrogens (primary N) is 2. The van der Waals surface area contributed by atoms with Gasteiger partial charge in [-0.2, -0.15) is 0 Å². The zero-order chi connectivity index (χ0) is 20.3. The van der Waals surface area contributed by atoms with Crippen LogP contribution >= 0.6 is 0 Å². The molecule has 0 aromatic rings. The second-order valence-corrected chi connectivity index (χ2v) is 11.7. The van der Waals surface area contributed by atoms with Gasteiger partial charge in [-0.05, 0) is 101 Å². The van der Waals surface area contributed by atoms with Crippen molar-refractivity contribution >= 4 is 0 Å². The van der Waals surface area contributed by atoms with E-state index in [2.05, 4.69) is 37.5 Å². The Morgan fingerprint density at radius 2 is 1.90 bits per heavy atom. The smallest absolute Gasteiger partial charge is 0.0934 e. The van der Waals surface area contributed by atoms with E-state index in [0.717, 1.165) is 12.3 Å². The van der Waals surface area contributed by atoms with Crippen LogP contribution in [0, 0.1) is 23.2 Å². The topological polar surface area (TPSA) is 73.3 Å². The molecule has 3 saturated carbocycles. The monoisotopic (exact) mass is 399 g/mol. The number of ether oxygens (including phenoxy) is 1. The average Bonchev–Trinajstić information content (AvgIpc) is 3.09. The second kappa shape index (κ2) is 7.10. The minimum Gasteiger partial charge on any atom is -0.372 e. The zero-order valence-electron chi connectivity index (χ0n) is 18.5. The molecule has 0 aromatic carbocycles. The predicted octanol–water partition coefficient (Wildman–Crippen LogP) is 4.36.